The second kappa shape index (κ2) is 13.8. The Labute approximate surface area is 205 Å². The standard InChI is InChI=1S/C21H48O8Si4/c1-18(2)21(23)25-17-20(22)16-24-14-13-15-30(5,6)27-32(9,10)29-33(11,12)28-31(7,8)26-19(3)4/h19-20,22H,1,13-17H2,2-12H3. The van der Waals surface area contributed by atoms with Crippen molar-refractivity contribution in [2.75, 3.05) is 19.8 Å². The fourth-order valence-corrected chi connectivity index (χ4v) is 22.3. The van der Waals surface area contributed by atoms with E-state index in [-0.39, 0.29) is 19.3 Å². The summed E-state index contributed by atoms with van der Waals surface area (Å²) < 4.78 is 36.0. The van der Waals surface area contributed by atoms with Crippen molar-refractivity contribution < 1.29 is 36.1 Å². The van der Waals surface area contributed by atoms with Crippen molar-refractivity contribution in [3.8, 4) is 0 Å². The summed E-state index contributed by atoms with van der Waals surface area (Å²) in [6.45, 7) is 26.4. The molecule has 0 aliphatic carbocycles. The van der Waals surface area contributed by atoms with Gasteiger partial charge in [-0.2, -0.15) is 0 Å². The smallest absolute Gasteiger partial charge is 0.333 e. The first-order chi connectivity index (χ1) is 14.8. The van der Waals surface area contributed by atoms with Crippen LogP contribution in [0.1, 0.15) is 27.2 Å². The molecule has 0 heterocycles. The minimum absolute atomic E-state index is 0.101. The van der Waals surface area contributed by atoms with Gasteiger partial charge in [-0.3, -0.25) is 0 Å². The number of esters is 1. The summed E-state index contributed by atoms with van der Waals surface area (Å²) in [5, 5.41) is 9.86. The SMILES string of the molecule is C=C(C)C(=O)OCC(O)COCCC[Si](C)(C)O[Si](C)(C)O[Si](C)(C)O[Si](C)(C)OC(C)C. The molecule has 0 radical (unpaired) electrons. The Hall–Kier alpha value is -0.162. The van der Waals surface area contributed by atoms with E-state index < -0.39 is 46.1 Å². The lowest BCUT2D eigenvalue weighted by molar-refractivity contribution is -0.143. The maximum absolute atomic E-state index is 11.3. The molecule has 0 aromatic rings. The first kappa shape index (κ1) is 32.8. The molecule has 0 rings (SSSR count). The van der Waals surface area contributed by atoms with Crippen LogP contribution in [0.15, 0.2) is 12.2 Å². The summed E-state index contributed by atoms with van der Waals surface area (Å²) in [5.41, 5.74) is 0.304. The van der Waals surface area contributed by atoms with Gasteiger partial charge in [-0.15, -0.1) is 0 Å². The van der Waals surface area contributed by atoms with Crippen molar-refractivity contribution in [3.63, 3.8) is 0 Å². The Morgan fingerprint density at radius 3 is 1.91 bits per heavy atom. The minimum Gasteiger partial charge on any atom is -0.460 e. The van der Waals surface area contributed by atoms with E-state index in [0.717, 1.165) is 12.5 Å². The zero-order valence-corrected chi connectivity index (χ0v) is 26.7. The average Bonchev–Trinajstić information content (AvgIpc) is 2.54. The maximum atomic E-state index is 11.3. The van der Waals surface area contributed by atoms with Gasteiger partial charge >= 0.3 is 31.7 Å². The van der Waals surface area contributed by atoms with Gasteiger partial charge in [0.1, 0.15) is 12.7 Å². The lowest BCUT2D eigenvalue weighted by atomic mass is 10.3. The summed E-state index contributed by atoms with van der Waals surface area (Å²) in [6, 6.07) is 0.910. The highest BCUT2D eigenvalue weighted by molar-refractivity contribution is 6.88. The van der Waals surface area contributed by atoms with Crippen molar-refractivity contribution >= 4 is 40.0 Å². The van der Waals surface area contributed by atoms with Crippen LogP contribution in [0.3, 0.4) is 0 Å². The van der Waals surface area contributed by atoms with Gasteiger partial charge in [-0.25, -0.2) is 4.79 Å². The van der Waals surface area contributed by atoms with E-state index in [2.05, 4.69) is 59.0 Å². The van der Waals surface area contributed by atoms with E-state index in [1.165, 1.54) is 0 Å². The zero-order valence-electron chi connectivity index (χ0n) is 22.7. The molecule has 0 aliphatic heterocycles. The van der Waals surface area contributed by atoms with E-state index in [9.17, 15) is 9.90 Å². The fourth-order valence-electron chi connectivity index (χ4n) is 3.70. The molecule has 0 saturated heterocycles. The van der Waals surface area contributed by atoms with Gasteiger partial charge in [-0.1, -0.05) is 6.58 Å². The summed E-state index contributed by atoms with van der Waals surface area (Å²) in [6.07, 6.45) is 0.0924. The van der Waals surface area contributed by atoms with Crippen molar-refractivity contribution in [1.82, 2.24) is 0 Å². The molecule has 0 spiro atoms. The number of carbonyl (C=O) groups is 1. The number of rotatable bonds is 17. The molecule has 33 heavy (non-hydrogen) atoms. The molecule has 0 bridgehead atoms. The zero-order chi connectivity index (χ0) is 26.1. The largest absolute Gasteiger partial charge is 0.460 e. The maximum Gasteiger partial charge on any atom is 0.333 e. The van der Waals surface area contributed by atoms with Gasteiger partial charge in [0, 0.05) is 18.3 Å². The van der Waals surface area contributed by atoms with Crippen molar-refractivity contribution in [2.45, 2.75) is 97.8 Å². The molecule has 0 fully saturated rings. The van der Waals surface area contributed by atoms with E-state index in [1.807, 2.05) is 13.8 Å². The minimum atomic E-state index is -2.42. The highest BCUT2D eigenvalue weighted by Crippen LogP contribution is 2.26. The van der Waals surface area contributed by atoms with Crippen LogP contribution < -0.4 is 0 Å². The molecule has 0 aliphatic rings. The highest BCUT2D eigenvalue weighted by atomic mass is 28.5. The summed E-state index contributed by atoms with van der Waals surface area (Å²) in [5.74, 6) is -0.511. The van der Waals surface area contributed by atoms with Crippen LogP contribution in [-0.4, -0.2) is 77.1 Å². The number of carbonyl (C=O) groups excluding carboxylic acids is 1. The third-order valence-electron chi connectivity index (χ3n) is 4.16. The molecule has 1 N–H and O–H groups in total. The predicted octanol–water partition coefficient (Wildman–Crippen LogP) is 4.66. The predicted molar refractivity (Wildman–Crippen MR) is 141 cm³/mol. The second-order valence-corrected chi connectivity index (χ2v) is 25.7. The van der Waals surface area contributed by atoms with E-state index in [0.29, 0.717) is 12.2 Å². The van der Waals surface area contributed by atoms with Crippen molar-refractivity contribution in [1.29, 1.82) is 0 Å². The van der Waals surface area contributed by atoms with Crippen molar-refractivity contribution in [2.24, 2.45) is 0 Å². The van der Waals surface area contributed by atoms with Crippen LogP contribution in [0, 0.1) is 0 Å². The quantitative estimate of drug-likeness (QED) is 0.123. The molecule has 1 atom stereocenters. The van der Waals surface area contributed by atoms with Gasteiger partial charge in [0.15, 0.2) is 8.32 Å². The van der Waals surface area contributed by atoms with Gasteiger partial charge < -0.3 is 31.4 Å². The van der Waals surface area contributed by atoms with Crippen LogP contribution in [0.2, 0.25) is 58.4 Å². The fraction of sp³-hybridized carbons (Fsp3) is 0.857. The number of aliphatic hydroxyl groups excluding tert-OH is 1. The average molecular weight is 541 g/mol. The van der Waals surface area contributed by atoms with Crippen LogP contribution in [0.4, 0.5) is 0 Å². The first-order valence-electron chi connectivity index (χ1n) is 11.6. The number of ether oxygens (including phenoxy) is 2. The normalized spacial score (nSPS) is 14.5. The van der Waals surface area contributed by atoms with Gasteiger partial charge in [0.05, 0.1) is 6.61 Å². The number of aliphatic hydroxyl groups is 1. The molecule has 1 unspecified atom stereocenters. The Kier molecular flexibility index (Phi) is 13.7. The van der Waals surface area contributed by atoms with Gasteiger partial charge in [-0.05, 0) is 85.6 Å². The van der Waals surface area contributed by atoms with Crippen LogP contribution in [0.25, 0.3) is 0 Å². The van der Waals surface area contributed by atoms with Crippen LogP contribution >= 0.6 is 0 Å². The summed E-state index contributed by atoms with van der Waals surface area (Å²) >= 11 is 0. The topological polar surface area (TPSA) is 92.7 Å². The summed E-state index contributed by atoms with van der Waals surface area (Å²) in [4.78, 5) is 11.3. The molecule has 196 valence electrons. The molecular weight excluding hydrogens is 493 g/mol. The van der Waals surface area contributed by atoms with E-state index in [1.54, 1.807) is 6.92 Å². The third kappa shape index (κ3) is 17.0. The lowest BCUT2D eigenvalue weighted by Gasteiger charge is -2.41. The van der Waals surface area contributed by atoms with Crippen LogP contribution in [-0.2, 0) is 31.0 Å². The Bertz CT molecular complexity index is 623. The summed E-state index contributed by atoms with van der Waals surface area (Å²) in [7, 11) is -9.07. The molecule has 0 aromatic carbocycles. The Morgan fingerprint density at radius 2 is 1.39 bits per heavy atom. The van der Waals surface area contributed by atoms with Gasteiger partial charge in [0.2, 0.25) is 0 Å². The first-order valence-corrected chi connectivity index (χ1v) is 23.2. The number of hydrogen-bond donors (Lipinski definition) is 1. The molecule has 0 aromatic heterocycles. The molecule has 0 saturated carbocycles. The Morgan fingerprint density at radius 1 is 0.879 bits per heavy atom. The molecule has 8 nitrogen and oxygen atoms in total. The third-order valence-corrected chi connectivity index (χ3v) is 18.8. The number of hydrogen-bond acceptors (Lipinski definition) is 8. The molecule has 12 heteroatoms. The van der Waals surface area contributed by atoms with Crippen molar-refractivity contribution in [3.05, 3.63) is 12.2 Å². The van der Waals surface area contributed by atoms with E-state index in [4.69, 9.17) is 26.2 Å². The highest BCUT2D eigenvalue weighted by Gasteiger charge is 2.44. The molecule has 0 amide bonds. The molecular formula is C21H48O8Si4. The second-order valence-electron chi connectivity index (χ2n) is 10.6. The van der Waals surface area contributed by atoms with E-state index >= 15 is 0 Å². The Balaban J connectivity index is 4.46. The monoisotopic (exact) mass is 540 g/mol. The van der Waals surface area contributed by atoms with Crippen LogP contribution in [0.5, 0.6) is 0 Å². The lowest BCUT2D eigenvalue weighted by Crippen LogP contribution is -2.57. The van der Waals surface area contributed by atoms with Gasteiger partial charge in [0.25, 0.3) is 0 Å².